The monoisotopic (exact) mass is 440 g/mol. The van der Waals surface area contributed by atoms with Crippen molar-refractivity contribution in [3.05, 3.63) is 68.8 Å². The van der Waals surface area contributed by atoms with E-state index >= 15 is 0 Å². The van der Waals surface area contributed by atoms with Gasteiger partial charge in [0.1, 0.15) is 5.00 Å². The van der Waals surface area contributed by atoms with E-state index in [2.05, 4.69) is 47.1 Å². The van der Waals surface area contributed by atoms with Crippen LogP contribution in [0.5, 0.6) is 0 Å². The fourth-order valence-electron chi connectivity index (χ4n) is 4.49. The normalized spacial score (nSPS) is 18.4. The second-order valence-corrected chi connectivity index (χ2v) is 9.79. The molecule has 5 nitrogen and oxygen atoms in total. The lowest BCUT2D eigenvalue weighted by Gasteiger charge is -2.29. The number of likely N-dealkylation sites (N-methyl/N-ethyl adjacent to an activating group) is 1. The fourth-order valence-corrected chi connectivity index (χ4v) is 6.10. The Morgan fingerprint density at radius 2 is 2.07 bits per heavy atom. The molecular weight excluding hydrogens is 416 g/mol. The Hall–Kier alpha value is -2.28. The lowest BCUT2D eigenvalue weighted by atomic mass is 10.0. The van der Waals surface area contributed by atoms with Gasteiger partial charge >= 0.3 is 6.03 Å². The highest BCUT2D eigenvalue weighted by Crippen LogP contribution is 2.41. The minimum Gasteiger partial charge on any atom is -0.312 e. The lowest BCUT2D eigenvalue weighted by molar-refractivity contribution is 0.189. The molecule has 30 heavy (non-hydrogen) atoms. The average Bonchev–Trinajstić information content (AvgIpc) is 3.30. The zero-order valence-electron chi connectivity index (χ0n) is 17.4. The number of carbonyl (C=O) groups excluding carboxylic acids is 1. The number of urea groups is 1. The molecule has 5 rings (SSSR count). The molecule has 0 radical (unpaired) electrons. The predicted octanol–water partition coefficient (Wildman–Crippen LogP) is 5.60. The number of fused-ring (bicyclic) bond motifs is 5. The first-order valence-electron chi connectivity index (χ1n) is 10.3. The SMILES string of the molecule is Cc1ccc(Cl)cc1NC(=O)N1Cc2c(sc3c2CCN(C)C3)-n2cccc2[C@H]1C. The van der Waals surface area contributed by atoms with Gasteiger partial charge in [-0.3, -0.25) is 0 Å². The third-order valence-corrected chi connectivity index (χ3v) is 7.75. The van der Waals surface area contributed by atoms with Crippen LogP contribution in [0.25, 0.3) is 5.00 Å². The second kappa shape index (κ2) is 7.45. The Labute approximate surface area is 185 Å². The van der Waals surface area contributed by atoms with Gasteiger partial charge in [0.25, 0.3) is 0 Å². The Kier molecular flexibility index (Phi) is 4.88. The van der Waals surface area contributed by atoms with Crippen molar-refractivity contribution in [2.45, 2.75) is 39.4 Å². The molecule has 0 saturated heterocycles. The highest BCUT2D eigenvalue weighted by Gasteiger charge is 2.33. The van der Waals surface area contributed by atoms with Crippen LogP contribution in [0, 0.1) is 6.92 Å². The van der Waals surface area contributed by atoms with E-state index in [0.29, 0.717) is 11.6 Å². The quantitative estimate of drug-likeness (QED) is 0.535. The maximum atomic E-state index is 13.4. The van der Waals surface area contributed by atoms with Crippen LogP contribution in [0.1, 0.15) is 40.2 Å². The molecule has 0 bridgehead atoms. The summed E-state index contributed by atoms with van der Waals surface area (Å²) in [5.74, 6) is 0. The summed E-state index contributed by atoms with van der Waals surface area (Å²) in [4.78, 5) is 19.2. The highest BCUT2D eigenvalue weighted by molar-refractivity contribution is 7.15. The Morgan fingerprint density at radius 3 is 2.90 bits per heavy atom. The average molecular weight is 441 g/mol. The summed E-state index contributed by atoms with van der Waals surface area (Å²) >= 11 is 8.04. The van der Waals surface area contributed by atoms with Gasteiger partial charge in [0.05, 0.1) is 12.6 Å². The zero-order valence-corrected chi connectivity index (χ0v) is 19.0. The molecule has 1 atom stereocenters. The molecule has 3 aromatic rings. The smallest absolute Gasteiger partial charge is 0.312 e. The fraction of sp³-hybridized carbons (Fsp3) is 0.348. The van der Waals surface area contributed by atoms with Gasteiger partial charge in [-0.25, -0.2) is 4.79 Å². The lowest BCUT2D eigenvalue weighted by Crippen LogP contribution is -2.36. The van der Waals surface area contributed by atoms with Crippen molar-refractivity contribution in [2.75, 3.05) is 18.9 Å². The van der Waals surface area contributed by atoms with Crippen LogP contribution in [-0.2, 0) is 19.5 Å². The molecule has 0 spiro atoms. The number of hydrogen-bond donors (Lipinski definition) is 1. The molecule has 1 aromatic carbocycles. The minimum atomic E-state index is -0.0960. The Balaban J connectivity index is 1.55. The van der Waals surface area contributed by atoms with Crippen LogP contribution >= 0.6 is 22.9 Å². The number of carbonyl (C=O) groups is 1. The third kappa shape index (κ3) is 3.23. The molecule has 2 amide bonds. The van der Waals surface area contributed by atoms with E-state index in [1.165, 1.54) is 21.0 Å². The molecule has 0 fully saturated rings. The number of anilines is 1. The number of rotatable bonds is 1. The van der Waals surface area contributed by atoms with Gasteiger partial charge in [0.2, 0.25) is 0 Å². The number of amides is 2. The largest absolute Gasteiger partial charge is 0.322 e. The topological polar surface area (TPSA) is 40.5 Å². The van der Waals surface area contributed by atoms with Crippen molar-refractivity contribution in [2.24, 2.45) is 0 Å². The number of aromatic nitrogens is 1. The van der Waals surface area contributed by atoms with Crippen LogP contribution < -0.4 is 5.32 Å². The standard InChI is InChI=1S/C23H25ClN4OS/c1-14-6-7-16(24)11-19(14)25-23(29)28-12-18-17-8-10-26(3)13-21(17)30-22(18)27-9-4-5-20(27)15(28)2/h4-7,9,11,15H,8,10,12-13H2,1-3H3,(H,25,29)/t15-/m1/s1. The van der Waals surface area contributed by atoms with Gasteiger partial charge in [-0.1, -0.05) is 17.7 Å². The number of nitrogens with zero attached hydrogens (tertiary/aromatic N) is 3. The first-order valence-corrected chi connectivity index (χ1v) is 11.4. The Bertz CT molecular complexity index is 1130. The Morgan fingerprint density at radius 1 is 1.23 bits per heavy atom. The summed E-state index contributed by atoms with van der Waals surface area (Å²) in [7, 11) is 2.17. The number of aryl methyl sites for hydroxylation is 1. The summed E-state index contributed by atoms with van der Waals surface area (Å²) in [5.41, 5.74) is 5.61. The predicted molar refractivity (Wildman–Crippen MR) is 123 cm³/mol. The van der Waals surface area contributed by atoms with Crippen molar-refractivity contribution in [3.63, 3.8) is 0 Å². The number of nitrogens with one attached hydrogen (secondary N) is 1. The summed E-state index contributed by atoms with van der Waals surface area (Å²) < 4.78 is 2.28. The number of halogens is 1. The zero-order chi connectivity index (χ0) is 21.0. The van der Waals surface area contributed by atoms with Crippen LogP contribution in [0.2, 0.25) is 5.02 Å². The molecule has 0 saturated carbocycles. The first kappa shape index (κ1) is 19.7. The molecule has 0 unspecified atom stereocenters. The van der Waals surface area contributed by atoms with E-state index in [1.54, 1.807) is 0 Å². The third-order valence-electron chi connectivity index (χ3n) is 6.26. The van der Waals surface area contributed by atoms with Crippen molar-refractivity contribution < 1.29 is 4.79 Å². The van der Waals surface area contributed by atoms with Crippen molar-refractivity contribution in [1.82, 2.24) is 14.4 Å². The molecule has 1 N–H and O–H groups in total. The molecule has 0 aliphatic carbocycles. The molecule has 2 aromatic heterocycles. The van der Waals surface area contributed by atoms with Crippen molar-refractivity contribution in [1.29, 1.82) is 0 Å². The summed E-state index contributed by atoms with van der Waals surface area (Å²) in [6, 6.07) is 9.64. The van der Waals surface area contributed by atoms with Crippen LogP contribution in [-0.4, -0.2) is 34.0 Å². The van der Waals surface area contributed by atoms with E-state index in [4.69, 9.17) is 11.6 Å². The summed E-state index contributed by atoms with van der Waals surface area (Å²) in [6.07, 6.45) is 3.16. The molecule has 7 heteroatoms. The van der Waals surface area contributed by atoms with Gasteiger partial charge < -0.3 is 19.7 Å². The molecule has 2 aliphatic heterocycles. The van der Waals surface area contributed by atoms with Crippen LogP contribution in [0.4, 0.5) is 10.5 Å². The summed E-state index contributed by atoms with van der Waals surface area (Å²) in [6.45, 7) is 6.73. The molecule has 2 aliphatic rings. The van der Waals surface area contributed by atoms with E-state index in [-0.39, 0.29) is 12.1 Å². The minimum absolute atomic E-state index is 0.0407. The summed E-state index contributed by atoms with van der Waals surface area (Å²) in [5, 5.41) is 4.98. The van der Waals surface area contributed by atoms with Crippen LogP contribution in [0.3, 0.4) is 0 Å². The maximum Gasteiger partial charge on any atom is 0.322 e. The van der Waals surface area contributed by atoms with Crippen molar-refractivity contribution >= 4 is 34.7 Å². The molecule has 156 valence electrons. The molecule has 4 heterocycles. The number of hydrogen-bond acceptors (Lipinski definition) is 3. The van der Waals surface area contributed by atoms with Gasteiger partial charge in [-0.15, -0.1) is 11.3 Å². The van der Waals surface area contributed by atoms with Gasteiger partial charge in [0.15, 0.2) is 0 Å². The second-order valence-electron chi connectivity index (χ2n) is 8.27. The number of thiophene rings is 1. The van der Waals surface area contributed by atoms with E-state index in [0.717, 1.165) is 36.5 Å². The van der Waals surface area contributed by atoms with Gasteiger partial charge in [-0.05, 0) is 62.7 Å². The first-order chi connectivity index (χ1) is 14.4. The maximum absolute atomic E-state index is 13.4. The van der Waals surface area contributed by atoms with E-state index in [1.807, 2.05) is 41.4 Å². The highest BCUT2D eigenvalue weighted by atomic mass is 35.5. The van der Waals surface area contributed by atoms with Crippen molar-refractivity contribution in [3.8, 4) is 5.00 Å². The van der Waals surface area contributed by atoms with E-state index < -0.39 is 0 Å². The van der Waals surface area contributed by atoms with Crippen LogP contribution in [0.15, 0.2) is 36.5 Å². The van der Waals surface area contributed by atoms with E-state index in [9.17, 15) is 4.79 Å². The van der Waals surface area contributed by atoms with Gasteiger partial charge in [0, 0.05) is 46.1 Å². The molecular formula is C23H25ClN4OS. The van der Waals surface area contributed by atoms with Gasteiger partial charge in [-0.2, -0.15) is 0 Å². The number of benzene rings is 1.